The van der Waals surface area contributed by atoms with E-state index < -0.39 is 0 Å². The fraction of sp³-hybridized carbons (Fsp3) is 0.571. The molecule has 0 saturated carbocycles. The van der Waals surface area contributed by atoms with E-state index in [4.69, 9.17) is 4.52 Å². The summed E-state index contributed by atoms with van der Waals surface area (Å²) in [7, 11) is 1.76. The maximum Gasteiger partial charge on any atom is 0.191 e. The van der Waals surface area contributed by atoms with E-state index in [1.54, 1.807) is 7.05 Å². The van der Waals surface area contributed by atoms with Crippen LogP contribution < -0.4 is 15.5 Å². The number of guanidine groups is 1. The molecule has 0 aliphatic rings. The zero-order valence-corrected chi connectivity index (χ0v) is 17.8. The first-order valence-electron chi connectivity index (χ1n) is 10.2. The highest BCUT2D eigenvalue weighted by atomic mass is 16.5. The van der Waals surface area contributed by atoms with Crippen LogP contribution in [0.4, 0.5) is 5.82 Å². The molecule has 28 heavy (non-hydrogen) atoms. The standard InChI is InChI=1S/C21H34N6O/c1-6-17(7-2)19-12-18(28-26-19)15-25-21(22-5)24-14-16-10-11-20(23-13-16)27(8-3)9-4/h10-13,17H,6-9,14-15H2,1-5H3,(H2,22,24,25). The second kappa shape index (κ2) is 11.3. The number of aromatic nitrogens is 2. The second-order valence-electron chi connectivity index (χ2n) is 6.71. The van der Waals surface area contributed by atoms with Crippen molar-refractivity contribution in [2.45, 2.75) is 59.5 Å². The number of hydrogen-bond acceptors (Lipinski definition) is 5. The van der Waals surface area contributed by atoms with Crippen LogP contribution in [0.25, 0.3) is 0 Å². The maximum absolute atomic E-state index is 5.45. The second-order valence-corrected chi connectivity index (χ2v) is 6.71. The van der Waals surface area contributed by atoms with Crippen molar-refractivity contribution in [3.63, 3.8) is 0 Å². The summed E-state index contributed by atoms with van der Waals surface area (Å²) in [6, 6.07) is 6.20. The van der Waals surface area contributed by atoms with Crippen molar-refractivity contribution in [2.24, 2.45) is 4.99 Å². The molecule has 2 aromatic heterocycles. The summed E-state index contributed by atoms with van der Waals surface area (Å²) in [6.45, 7) is 11.7. The molecular weight excluding hydrogens is 352 g/mol. The Hall–Kier alpha value is -2.57. The van der Waals surface area contributed by atoms with Crippen molar-refractivity contribution in [3.8, 4) is 0 Å². The quantitative estimate of drug-likeness (QED) is 0.479. The Morgan fingerprint density at radius 3 is 2.39 bits per heavy atom. The lowest BCUT2D eigenvalue weighted by atomic mass is 9.99. The topological polar surface area (TPSA) is 78.6 Å². The Balaban J connectivity index is 1.85. The minimum Gasteiger partial charge on any atom is -0.359 e. The number of pyridine rings is 1. The van der Waals surface area contributed by atoms with Gasteiger partial charge in [0.25, 0.3) is 0 Å². The molecule has 7 nitrogen and oxygen atoms in total. The molecule has 2 N–H and O–H groups in total. The Morgan fingerprint density at radius 1 is 1.11 bits per heavy atom. The van der Waals surface area contributed by atoms with Gasteiger partial charge in [-0.3, -0.25) is 4.99 Å². The van der Waals surface area contributed by atoms with Crippen LogP contribution >= 0.6 is 0 Å². The van der Waals surface area contributed by atoms with Crippen LogP contribution in [-0.4, -0.2) is 36.2 Å². The van der Waals surface area contributed by atoms with Gasteiger partial charge in [0.2, 0.25) is 0 Å². The van der Waals surface area contributed by atoms with Gasteiger partial charge in [-0.15, -0.1) is 0 Å². The molecule has 7 heteroatoms. The number of rotatable bonds is 10. The molecule has 0 atom stereocenters. The largest absolute Gasteiger partial charge is 0.359 e. The Labute approximate surface area is 168 Å². The average molecular weight is 387 g/mol. The summed E-state index contributed by atoms with van der Waals surface area (Å²) in [5, 5.41) is 10.8. The molecule has 2 aromatic rings. The summed E-state index contributed by atoms with van der Waals surface area (Å²) in [6.07, 6.45) is 4.05. The van der Waals surface area contributed by atoms with Gasteiger partial charge in [0, 0.05) is 44.9 Å². The van der Waals surface area contributed by atoms with Crippen molar-refractivity contribution < 1.29 is 4.52 Å². The molecule has 0 aliphatic heterocycles. The van der Waals surface area contributed by atoms with Gasteiger partial charge in [0.05, 0.1) is 12.2 Å². The Morgan fingerprint density at radius 2 is 1.82 bits per heavy atom. The van der Waals surface area contributed by atoms with Crippen molar-refractivity contribution >= 4 is 11.8 Å². The minimum atomic E-state index is 0.460. The third-order valence-electron chi connectivity index (χ3n) is 4.99. The van der Waals surface area contributed by atoms with E-state index in [9.17, 15) is 0 Å². The molecule has 0 aromatic carbocycles. The predicted octanol–water partition coefficient (Wildman–Crippen LogP) is 3.68. The highest BCUT2D eigenvalue weighted by Crippen LogP contribution is 2.22. The fourth-order valence-corrected chi connectivity index (χ4v) is 3.14. The van der Waals surface area contributed by atoms with E-state index in [2.05, 4.69) is 70.5 Å². The van der Waals surface area contributed by atoms with Crippen LogP contribution in [0.2, 0.25) is 0 Å². The number of anilines is 1. The number of aliphatic imine (C=N–C) groups is 1. The third-order valence-corrected chi connectivity index (χ3v) is 4.99. The van der Waals surface area contributed by atoms with Crippen LogP contribution in [0.5, 0.6) is 0 Å². The molecule has 0 amide bonds. The van der Waals surface area contributed by atoms with Gasteiger partial charge in [0.15, 0.2) is 11.7 Å². The molecule has 0 aliphatic carbocycles. The first-order chi connectivity index (χ1) is 13.6. The molecule has 0 bridgehead atoms. The van der Waals surface area contributed by atoms with E-state index in [0.29, 0.717) is 25.0 Å². The van der Waals surface area contributed by atoms with Crippen LogP contribution in [0.3, 0.4) is 0 Å². The van der Waals surface area contributed by atoms with Crippen LogP contribution in [0.1, 0.15) is 63.5 Å². The molecular formula is C21H34N6O. The van der Waals surface area contributed by atoms with Gasteiger partial charge in [0.1, 0.15) is 5.82 Å². The third kappa shape index (κ3) is 5.97. The van der Waals surface area contributed by atoms with Crippen molar-refractivity contribution in [3.05, 3.63) is 41.4 Å². The monoisotopic (exact) mass is 386 g/mol. The number of hydrogen-bond donors (Lipinski definition) is 2. The normalized spacial score (nSPS) is 11.7. The van der Waals surface area contributed by atoms with Gasteiger partial charge in [-0.05, 0) is 38.3 Å². The lowest BCUT2D eigenvalue weighted by molar-refractivity contribution is 0.368. The lowest BCUT2D eigenvalue weighted by Crippen LogP contribution is -2.36. The SMILES string of the molecule is CCC(CC)c1cc(CNC(=NC)NCc2ccc(N(CC)CC)nc2)on1. The maximum atomic E-state index is 5.45. The van der Waals surface area contributed by atoms with Gasteiger partial charge >= 0.3 is 0 Å². The van der Waals surface area contributed by atoms with Crippen molar-refractivity contribution in [1.82, 2.24) is 20.8 Å². The van der Waals surface area contributed by atoms with Crippen molar-refractivity contribution in [1.29, 1.82) is 0 Å². The van der Waals surface area contributed by atoms with Gasteiger partial charge in [-0.25, -0.2) is 4.98 Å². The van der Waals surface area contributed by atoms with Crippen LogP contribution in [0, 0.1) is 0 Å². The first-order valence-corrected chi connectivity index (χ1v) is 10.2. The van der Waals surface area contributed by atoms with E-state index in [1.807, 2.05) is 12.3 Å². The predicted molar refractivity (Wildman–Crippen MR) is 115 cm³/mol. The molecule has 0 radical (unpaired) electrons. The summed E-state index contributed by atoms with van der Waals surface area (Å²) >= 11 is 0. The summed E-state index contributed by atoms with van der Waals surface area (Å²) in [4.78, 5) is 11.1. The van der Waals surface area contributed by atoms with Crippen LogP contribution in [-0.2, 0) is 13.1 Å². The fourth-order valence-electron chi connectivity index (χ4n) is 3.14. The minimum absolute atomic E-state index is 0.460. The van der Waals surface area contributed by atoms with Gasteiger partial charge in [-0.1, -0.05) is 25.1 Å². The van der Waals surface area contributed by atoms with E-state index in [1.165, 1.54) is 0 Å². The number of nitrogens with zero attached hydrogens (tertiary/aromatic N) is 4. The lowest BCUT2D eigenvalue weighted by Gasteiger charge is -2.19. The molecule has 2 heterocycles. The Bertz CT molecular complexity index is 717. The van der Waals surface area contributed by atoms with E-state index in [0.717, 1.165) is 48.8 Å². The summed E-state index contributed by atoms with van der Waals surface area (Å²) in [5.41, 5.74) is 2.14. The molecule has 0 saturated heterocycles. The Kier molecular flexibility index (Phi) is 8.78. The van der Waals surface area contributed by atoms with E-state index in [-0.39, 0.29) is 0 Å². The number of nitrogens with one attached hydrogen (secondary N) is 2. The highest BCUT2D eigenvalue weighted by molar-refractivity contribution is 5.79. The molecule has 0 fully saturated rings. The zero-order valence-electron chi connectivity index (χ0n) is 17.8. The van der Waals surface area contributed by atoms with Crippen molar-refractivity contribution in [2.75, 3.05) is 25.0 Å². The highest BCUT2D eigenvalue weighted by Gasteiger charge is 2.13. The van der Waals surface area contributed by atoms with Crippen LogP contribution in [0.15, 0.2) is 33.9 Å². The van der Waals surface area contributed by atoms with E-state index >= 15 is 0 Å². The van der Waals surface area contributed by atoms with Gasteiger partial charge < -0.3 is 20.1 Å². The summed E-state index contributed by atoms with van der Waals surface area (Å²) < 4.78 is 5.45. The smallest absolute Gasteiger partial charge is 0.191 e. The zero-order chi connectivity index (χ0) is 20.4. The molecule has 0 unspecified atom stereocenters. The average Bonchev–Trinajstić information content (AvgIpc) is 3.20. The molecule has 2 rings (SSSR count). The van der Waals surface area contributed by atoms with Gasteiger partial charge in [-0.2, -0.15) is 0 Å². The summed E-state index contributed by atoms with van der Waals surface area (Å²) in [5.74, 6) is 3.00. The first kappa shape index (κ1) is 21.7. The molecule has 0 spiro atoms. The molecule has 154 valence electrons.